The van der Waals surface area contributed by atoms with E-state index >= 15 is 0 Å². The lowest BCUT2D eigenvalue weighted by molar-refractivity contribution is -0.117. The molecule has 0 saturated carbocycles. The minimum absolute atomic E-state index is 0.00792. The van der Waals surface area contributed by atoms with Gasteiger partial charge in [-0.2, -0.15) is 0 Å². The van der Waals surface area contributed by atoms with E-state index in [-0.39, 0.29) is 5.57 Å². The summed E-state index contributed by atoms with van der Waals surface area (Å²) in [7, 11) is 1.53. The Balaban J connectivity index is 1.63. The van der Waals surface area contributed by atoms with Crippen LogP contribution in [-0.4, -0.2) is 35.5 Å². The summed E-state index contributed by atoms with van der Waals surface area (Å²) in [5, 5.41) is 13.7. The Kier molecular flexibility index (Phi) is 7.19. The van der Waals surface area contributed by atoms with Crippen molar-refractivity contribution in [3.8, 4) is 11.5 Å². The zero-order chi connectivity index (χ0) is 26.1. The van der Waals surface area contributed by atoms with Crippen LogP contribution in [0.1, 0.15) is 41.0 Å². The van der Waals surface area contributed by atoms with Gasteiger partial charge in [-0.25, -0.2) is 4.98 Å². The molecule has 1 atom stereocenters. The van der Waals surface area contributed by atoms with Crippen LogP contribution in [0.15, 0.2) is 65.2 Å². The van der Waals surface area contributed by atoms with E-state index in [0.717, 1.165) is 17.5 Å². The maximum absolute atomic E-state index is 13.6. The van der Waals surface area contributed by atoms with Gasteiger partial charge in [0.2, 0.25) is 5.78 Å². The van der Waals surface area contributed by atoms with Crippen molar-refractivity contribution in [3.05, 3.63) is 80.7 Å². The highest BCUT2D eigenvalue weighted by molar-refractivity contribution is 7.22. The van der Waals surface area contributed by atoms with Gasteiger partial charge in [0.1, 0.15) is 0 Å². The van der Waals surface area contributed by atoms with E-state index in [1.807, 2.05) is 0 Å². The molecule has 1 aliphatic heterocycles. The third-order valence-corrected chi connectivity index (χ3v) is 8.12. The number of nitrogens with zero attached hydrogens (tertiary/aromatic N) is 2. The topological polar surface area (TPSA) is 89.0 Å². The summed E-state index contributed by atoms with van der Waals surface area (Å²) in [6.45, 7) is 2.62. The van der Waals surface area contributed by atoms with Crippen LogP contribution in [0, 0.1) is 0 Å². The molecule has 1 amide bonds. The number of aromatic nitrogens is 1. The summed E-state index contributed by atoms with van der Waals surface area (Å²) in [5.41, 5.74) is 1.23. The molecule has 0 bridgehead atoms. The van der Waals surface area contributed by atoms with Gasteiger partial charge in [0, 0.05) is 5.02 Å². The first-order valence-electron chi connectivity index (χ1n) is 11.6. The lowest BCUT2D eigenvalue weighted by Crippen LogP contribution is -2.31. The Labute approximate surface area is 226 Å². The Morgan fingerprint density at radius 2 is 2.03 bits per heavy atom. The van der Waals surface area contributed by atoms with Crippen molar-refractivity contribution in [3.63, 3.8) is 0 Å². The molecule has 1 unspecified atom stereocenters. The van der Waals surface area contributed by atoms with Gasteiger partial charge in [0.15, 0.2) is 22.4 Å². The van der Waals surface area contributed by atoms with Crippen LogP contribution in [0.4, 0.5) is 5.13 Å². The second kappa shape index (κ2) is 10.5. The average Bonchev–Trinajstić information content (AvgIpc) is 3.63. The Morgan fingerprint density at radius 3 is 2.76 bits per heavy atom. The molecule has 2 aromatic carbocycles. The predicted molar refractivity (Wildman–Crippen MR) is 147 cm³/mol. The Hall–Kier alpha value is -3.40. The highest BCUT2D eigenvalue weighted by Crippen LogP contribution is 2.46. The largest absolute Gasteiger partial charge is 0.503 e. The summed E-state index contributed by atoms with van der Waals surface area (Å²) in [5.74, 6) is -0.684. The lowest BCUT2D eigenvalue weighted by atomic mass is 9.95. The molecule has 1 aliphatic rings. The third kappa shape index (κ3) is 4.70. The van der Waals surface area contributed by atoms with Crippen LogP contribution >= 0.6 is 34.3 Å². The fourth-order valence-electron chi connectivity index (χ4n) is 4.18. The van der Waals surface area contributed by atoms with Gasteiger partial charge in [0.05, 0.1) is 40.4 Å². The zero-order valence-corrected chi connectivity index (χ0v) is 22.5. The fourth-order valence-corrected chi connectivity index (χ4v) is 6.13. The normalized spacial score (nSPS) is 15.6. The molecule has 4 aromatic rings. The summed E-state index contributed by atoms with van der Waals surface area (Å²) in [6.07, 6.45) is 1.89. The summed E-state index contributed by atoms with van der Waals surface area (Å²) in [4.78, 5) is 33.4. The van der Waals surface area contributed by atoms with E-state index in [0.29, 0.717) is 44.2 Å². The SMILES string of the molecule is CCCCOc1ccc(C2C(C(=O)c3cccs3)=C(O)C(=O)N2c2nc3ccc(Cl)cc3s2)cc1OC. The molecule has 5 rings (SSSR count). The number of rotatable bonds is 9. The number of halogens is 1. The monoisotopic (exact) mass is 554 g/mol. The predicted octanol–water partition coefficient (Wildman–Crippen LogP) is 6.98. The lowest BCUT2D eigenvalue weighted by Gasteiger charge is -2.25. The number of amides is 1. The highest BCUT2D eigenvalue weighted by Gasteiger charge is 2.46. The molecule has 7 nitrogen and oxygen atoms in total. The van der Waals surface area contributed by atoms with Crippen LogP contribution in [0.2, 0.25) is 5.02 Å². The number of Topliss-reactive ketones (excluding diaryl/α,β-unsaturated/α-hetero) is 1. The van der Waals surface area contributed by atoms with Gasteiger partial charge >= 0.3 is 0 Å². The van der Waals surface area contributed by atoms with Crippen molar-refractivity contribution < 1.29 is 24.2 Å². The molecule has 3 heterocycles. The number of thiazole rings is 1. The van der Waals surface area contributed by atoms with Crippen LogP contribution < -0.4 is 14.4 Å². The second-order valence-corrected chi connectivity index (χ2v) is 10.8. The van der Waals surface area contributed by atoms with E-state index in [1.54, 1.807) is 53.9 Å². The van der Waals surface area contributed by atoms with Crippen LogP contribution in [-0.2, 0) is 4.79 Å². The van der Waals surface area contributed by atoms with E-state index in [2.05, 4.69) is 11.9 Å². The van der Waals surface area contributed by atoms with Crippen molar-refractivity contribution in [2.75, 3.05) is 18.6 Å². The minimum atomic E-state index is -0.920. The van der Waals surface area contributed by atoms with Crippen molar-refractivity contribution in [2.45, 2.75) is 25.8 Å². The van der Waals surface area contributed by atoms with Gasteiger partial charge < -0.3 is 14.6 Å². The number of fused-ring (bicyclic) bond motifs is 1. The number of ether oxygens (including phenoxy) is 2. The first-order chi connectivity index (χ1) is 17.9. The van der Waals surface area contributed by atoms with E-state index in [4.69, 9.17) is 21.1 Å². The number of carbonyl (C=O) groups is 2. The van der Waals surface area contributed by atoms with Gasteiger partial charge in [-0.15, -0.1) is 11.3 Å². The van der Waals surface area contributed by atoms with Crippen LogP contribution in [0.3, 0.4) is 0 Å². The molecule has 190 valence electrons. The van der Waals surface area contributed by atoms with Crippen molar-refractivity contribution in [2.24, 2.45) is 0 Å². The highest BCUT2D eigenvalue weighted by atomic mass is 35.5. The van der Waals surface area contributed by atoms with Gasteiger partial charge in [-0.1, -0.05) is 48.4 Å². The van der Waals surface area contributed by atoms with Crippen LogP contribution in [0.25, 0.3) is 10.2 Å². The molecule has 0 saturated heterocycles. The molecular formula is C27H23ClN2O5S2. The van der Waals surface area contributed by atoms with Crippen LogP contribution in [0.5, 0.6) is 11.5 Å². The van der Waals surface area contributed by atoms with Crippen molar-refractivity contribution in [1.82, 2.24) is 4.98 Å². The molecule has 37 heavy (non-hydrogen) atoms. The summed E-state index contributed by atoms with van der Waals surface area (Å²) in [6, 6.07) is 13.0. The molecule has 0 aliphatic carbocycles. The number of hydrogen-bond acceptors (Lipinski definition) is 8. The standard InChI is InChI=1S/C27H23ClN2O5S2/c1-3-4-11-35-18-10-7-15(13-19(18)34-2)23-22(24(31)20-6-5-12-36-20)25(32)26(33)30(23)27-29-17-9-8-16(28)14-21(17)37-27/h5-10,12-14,23,32H,3-4,11H2,1-2H3. The molecule has 1 N–H and O–H groups in total. The van der Waals surface area contributed by atoms with Crippen molar-refractivity contribution in [1.29, 1.82) is 0 Å². The number of unbranched alkanes of at least 4 members (excludes halogenated alkanes) is 1. The van der Waals surface area contributed by atoms with Crippen molar-refractivity contribution >= 4 is 61.3 Å². The Morgan fingerprint density at radius 1 is 1.19 bits per heavy atom. The number of aliphatic hydroxyl groups excluding tert-OH is 1. The zero-order valence-electron chi connectivity index (χ0n) is 20.1. The summed E-state index contributed by atoms with van der Waals surface area (Å²) >= 11 is 8.66. The number of benzene rings is 2. The maximum atomic E-state index is 13.6. The number of methoxy groups -OCH3 is 1. The molecular weight excluding hydrogens is 532 g/mol. The Bertz CT molecular complexity index is 1510. The molecule has 0 radical (unpaired) electrons. The molecule has 2 aromatic heterocycles. The minimum Gasteiger partial charge on any atom is -0.503 e. The first kappa shape index (κ1) is 25.3. The van der Waals surface area contributed by atoms with Gasteiger partial charge in [0.25, 0.3) is 5.91 Å². The summed E-state index contributed by atoms with van der Waals surface area (Å²) < 4.78 is 12.2. The second-order valence-electron chi connectivity index (χ2n) is 8.37. The third-order valence-electron chi connectivity index (χ3n) is 6.00. The molecule has 10 heteroatoms. The molecule has 0 fully saturated rings. The first-order valence-corrected chi connectivity index (χ1v) is 13.7. The fraction of sp³-hybridized carbons (Fsp3) is 0.222. The number of aliphatic hydroxyl groups is 1. The number of carbonyl (C=O) groups excluding carboxylic acids is 2. The average molecular weight is 555 g/mol. The molecule has 0 spiro atoms. The van der Waals surface area contributed by atoms with Gasteiger partial charge in [-0.3, -0.25) is 14.5 Å². The smallest absolute Gasteiger partial charge is 0.296 e. The number of thiophene rings is 1. The quantitative estimate of drug-likeness (QED) is 0.177. The van der Waals surface area contributed by atoms with Gasteiger partial charge in [-0.05, 0) is 53.8 Å². The number of ketones is 1. The maximum Gasteiger partial charge on any atom is 0.296 e. The number of hydrogen-bond donors (Lipinski definition) is 1. The van der Waals surface area contributed by atoms with E-state index < -0.39 is 23.5 Å². The number of anilines is 1. The van der Waals surface area contributed by atoms with E-state index in [9.17, 15) is 14.7 Å². The van der Waals surface area contributed by atoms with E-state index in [1.165, 1.54) is 34.7 Å².